The summed E-state index contributed by atoms with van der Waals surface area (Å²) in [7, 11) is 0. The van der Waals surface area contributed by atoms with Gasteiger partial charge in [-0.15, -0.1) is 0 Å². The average Bonchev–Trinajstić information content (AvgIpc) is 2.27. The molecule has 0 saturated heterocycles. The monoisotopic (exact) mass is 234 g/mol. The maximum atomic E-state index is 11.9. The van der Waals surface area contributed by atoms with E-state index >= 15 is 0 Å². The van der Waals surface area contributed by atoms with Crippen LogP contribution in [0.1, 0.15) is 58.3 Å². The van der Waals surface area contributed by atoms with E-state index < -0.39 is 5.54 Å². The second-order valence-electron chi connectivity index (χ2n) is 5.93. The molecule has 2 saturated carbocycles. The maximum absolute atomic E-state index is 11.9. The molecule has 3 heteroatoms. The van der Waals surface area contributed by atoms with Crippen LogP contribution in [0.15, 0.2) is 0 Å². The van der Waals surface area contributed by atoms with Crippen LogP contribution in [0.2, 0.25) is 0 Å². The number of amides is 1. The number of nitriles is 1. The van der Waals surface area contributed by atoms with Gasteiger partial charge in [-0.3, -0.25) is 4.79 Å². The van der Waals surface area contributed by atoms with Crippen molar-refractivity contribution in [1.29, 1.82) is 5.26 Å². The molecule has 94 valence electrons. The van der Waals surface area contributed by atoms with Gasteiger partial charge in [0.25, 0.3) is 0 Å². The zero-order chi connectivity index (χ0) is 12.3. The fraction of sp³-hybridized carbons (Fsp3) is 0.857. The smallest absolute Gasteiger partial charge is 0.221 e. The third kappa shape index (κ3) is 3.00. The quantitative estimate of drug-likeness (QED) is 0.816. The van der Waals surface area contributed by atoms with Crippen molar-refractivity contribution in [1.82, 2.24) is 5.32 Å². The largest absolute Gasteiger partial charge is 0.338 e. The van der Waals surface area contributed by atoms with Crippen LogP contribution in [-0.2, 0) is 4.79 Å². The molecule has 0 heterocycles. The van der Waals surface area contributed by atoms with Gasteiger partial charge in [-0.1, -0.05) is 13.3 Å². The van der Waals surface area contributed by atoms with E-state index in [1.807, 2.05) is 0 Å². The molecule has 2 aliphatic carbocycles. The third-order valence-corrected chi connectivity index (χ3v) is 4.42. The van der Waals surface area contributed by atoms with Crippen LogP contribution in [0, 0.1) is 23.2 Å². The number of hydrogen-bond donors (Lipinski definition) is 1. The summed E-state index contributed by atoms with van der Waals surface area (Å²) in [4.78, 5) is 11.9. The molecule has 0 aromatic heterocycles. The summed E-state index contributed by atoms with van der Waals surface area (Å²) in [6.07, 6.45) is 8.00. The summed E-state index contributed by atoms with van der Waals surface area (Å²) >= 11 is 0. The molecule has 0 bridgehead atoms. The van der Waals surface area contributed by atoms with Crippen molar-refractivity contribution in [3.63, 3.8) is 0 Å². The molecule has 2 fully saturated rings. The molecule has 2 aliphatic rings. The van der Waals surface area contributed by atoms with Crippen molar-refractivity contribution in [2.75, 3.05) is 0 Å². The molecular formula is C14H22N2O. The van der Waals surface area contributed by atoms with E-state index in [1.54, 1.807) is 0 Å². The van der Waals surface area contributed by atoms with Gasteiger partial charge in [-0.05, 0) is 50.4 Å². The second kappa shape index (κ2) is 5.08. The van der Waals surface area contributed by atoms with Gasteiger partial charge in [0, 0.05) is 6.42 Å². The first kappa shape index (κ1) is 12.4. The van der Waals surface area contributed by atoms with Gasteiger partial charge in [-0.25, -0.2) is 0 Å². The Morgan fingerprint density at radius 3 is 2.47 bits per heavy atom. The van der Waals surface area contributed by atoms with Gasteiger partial charge in [0.2, 0.25) is 5.91 Å². The van der Waals surface area contributed by atoms with Crippen molar-refractivity contribution >= 4 is 5.91 Å². The first-order valence-electron chi connectivity index (χ1n) is 6.86. The Hall–Kier alpha value is -1.04. The van der Waals surface area contributed by atoms with Crippen molar-refractivity contribution in [2.45, 2.75) is 63.8 Å². The van der Waals surface area contributed by atoms with Crippen molar-refractivity contribution < 1.29 is 4.79 Å². The summed E-state index contributed by atoms with van der Waals surface area (Å²) < 4.78 is 0. The zero-order valence-corrected chi connectivity index (χ0v) is 10.7. The molecule has 1 amide bonds. The topological polar surface area (TPSA) is 52.9 Å². The minimum atomic E-state index is -0.562. The highest BCUT2D eigenvalue weighted by molar-refractivity contribution is 5.77. The lowest BCUT2D eigenvalue weighted by molar-refractivity contribution is -0.124. The highest BCUT2D eigenvalue weighted by atomic mass is 16.1. The van der Waals surface area contributed by atoms with E-state index in [9.17, 15) is 10.1 Å². The molecular weight excluding hydrogens is 212 g/mol. The first-order chi connectivity index (χ1) is 8.13. The SMILES string of the molecule is CC1CCC(C#N)(NC(=O)CC2CCC2)CC1. The summed E-state index contributed by atoms with van der Waals surface area (Å²) in [5, 5.41) is 12.3. The van der Waals surface area contributed by atoms with Gasteiger partial charge in [0.15, 0.2) is 0 Å². The number of nitrogens with one attached hydrogen (secondary N) is 1. The van der Waals surface area contributed by atoms with E-state index in [4.69, 9.17) is 0 Å². The highest BCUT2D eigenvalue weighted by Crippen LogP contribution is 2.33. The number of rotatable bonds is 3. The van der Waals surface area contributed by atoms with E-state index in [0.717, 1.165) is 25.7 Å². The lowest BCUT2D eigenvalue weighted by atomic mass is 9.77. The number of carbonyl (C=O) groups excluding carboxylic acids is 1. The van der Waals surface area contributed by atoms with Crippen LogP contribution in [0.25, 0.3) is 0 Å². The molecule has 0 aromatic carbocycles. The fourth-order valence-electron chi connectivity index (χ4n) is 2.80. The summed E-state index contributed by atoms with van der Waals surface area (Å²) in [5.41, 5.74) is -0.562. The molecule has 1 N–H and O–H groups in total. The van der Waals surface area contributed by atoms with Crippen molar-refractivity contribution in [3.05, 3.63) is 0 Å². The van der Waals surface area contributed by atoms with Crippen LogP contribution in [-0.4, -0.2) is 11.4 Å². The lowest BCUT2D eigenvalue weighted by Gasteiger charge is -2.35. The standard InChI is InChI=1S/C14H22N2O/c1-11-5-7-14(10-15,8-6-11)16-13(17)9-12-3-2-4-12/h11-12H,2-9H2,1H3,(H,16,17). The molecule has 0 spiro atoms. The Labute approximate surface area is 104 Å². The normalized spacial score (nSPS) is 33.5. The summed E-state index contributed by atoms with van der Waals surface area (Å²) in [5.74, 6) is 1.36. The van der Waals surface area contributed by atoms with Gasteiger partial charge < -0.3 is 5.32 Å². The number of hydrogen-bond acceptors (Lipinski definition) is 2. The van der Waals surface area contributed by atoms with Gasteiger partial charge >= 0.3 is 0 Å². The van der Waals surface area contributed by atoms with E-state index in [2.05, 4.69) is 18.3 Å². The minimum absolute atomic E-state index is 0.0887. The molecule has 0 aliphatic heterocycles. The molecule has 17 heavy (non-hydrogen) atoms. The Balaban J connectivity index is 1.85. The Morgan fingerprint density at radius 2 is 2.00 bits per heavy atom. The van der Waals surface area contributed by atoms with Crippen molar-refractivity contribution in [3.8, 4) is 6.07 Å². The van der Waals surface area contributed by atoms with Gasteiger partial charge in [0.05, 0.1) is 6.07 Å². The Morgan fingerprint density at radius 1 is 1.35 bits per heavy atom. The molecule has 2 rings (SSSR count). The number of carbonyl (C=O) groups is 1. The second-order valence-corrected chi connectivity index (χ2v) is 5.93. The summed E-state index contributed by atoms with van der Waals surface area (Å²) in [6.45, 7) is 2.22. The Bertz CT molecular complexity index is 320. The first-order valence-corrected chi connectivity index (χ1v) is 6.86. The van der Waals surface area contributed by atoms with Crippen LogP contribution in [0.4, 0.5) is 0 Å². The van der Waals surface area contributed by atoms with Gasteiger partial charge in [0.1, 0.15) is 5.54 Å². The molecule has 0 aromatic rings. The number of nitrogens with zero attached hydrogens (tertiary/aromatic N) is 1. The van der Waals surface area contributed by atoms with Crippen LogP contribution >= 0.6 is 0 Å². The van der Waals surface area contributed by atoms with Crippen LogP contribution < -0.4 is 5.32 Å². The molecule has 0 atom stereocenters. The van der Waals surface area contributed by atoms with E-state index in [-0.39, 0.29) is 5.91 Å². The average molecular weight is 234 g/mol. The third-order valence-electron chi connectivity index (χ3n) is 4.42. The van der Waals surface area contributed by atoms with Crippen LogP contribution in [0.5, 0.6) is 0 Å². The van der Waals surface area contributed by atoms with E-state index in [0.29, 0.717) is 18.3 Å². The maximum Gasteiger partial charge on any atom is 0.221 e. The molecule has 3 nitrogen and oxygen atoms in total. The molecule has 0 unspecified atom stereocenters. The minimum Gasteiger partial charge on any atom is -0.338 e. The van der Waals surface area contributed by atoms with Crippen LogP contribution in [0.3, 0.4) is 0 Å². The van der Waals surface area contributed by atoms with Gasteiger partial charge in [-0.2, -0.15) is 5.26 Å². The lowest BCUT2D eigenvalue weighted by Crippen LogP contribution is -2.50. The zero-order valence-electron chi connectivity index (χ0n) is 10.7. The molecule has 0 radical (unpaired) electrons. The predicted octanol–water partition coefficient (Wildman–Crippen LogP) is 2.77. The predicted molar refractivity (Wildman–Crippen MR) is 66.1 cm³/mol. The highest BCUT2D eigenvalue weighted by Gasteiger charge is 2.36. The van der Waals surface area contributed by atoms with E-state index in [1.165, 1.54) is 19.3 Å². The fourth-order valence-corrected chi connectivity index (χ4v) is 2.80. The van der Waals surface area contributed by atoms with Crippen molar-refractivity contribution in [2.24, 2.45) is 11.8 Å². The Kier molecular flexibility index (Phi) is 3.71. The summed E-state index contributed by atoms with van der Waals surface area (Å²) in [6, 6.07) is 2.35.